The van der Waals surface area contributed by atoms with Gasteiger partial charge in [0.15, 0.2) is 0 Å². The van der Waals surface area contributed by atoms with E-state index >= 15 is 0 Å². The van der Waals surface area contributed by atoms with Crippen molar-refractivity contribution >= 4 is 6.09 Å². The highest BCUT2D eigenvalue weighted by molar-refractivity contribution is 5.71. The van der Waals surface area contributed by atoms with Crippen LogP contribution in [0.4, 0.5) is 4.79 Å². The Morgan fingerprint density at radius 2 is 1.71 bits per heavy atom. The highest BCUT2D eigenvalue weighted by atomic mass is 16.6. The van der Waals surface area contributed by atoms with Gasteiger partial charge in [0.2, 0.25) is 0 Å². The first-order chi connectivity index (χ1) is 9.61. The number of carbonyl (C=O) groups excluding carboxylic acids is 1. The van der Waals surface area contributed by atoms with E-state index in [1.165, 1.54) is 0 Å². The molecule has 1 N–H and O–H groups in total. The molecule has 0 fully saturated rings. The number of rotatable bonds is 3. The molecule has 0 spiro atoms. The number of hydrogen-bond donors (Lipinski definition) is 1. The molecule has 0 aliphatic rings. The number of hydrogen-bond acceptors (Lipinski definition) is 5. The van der Waals surface area contributed by atoms with Gasteiger partial charge in [-0.25, -0.2) is 4.79 Å². The lowest BCUT2D eigenvalue weighted by Gasteiger charge is -2.21. The molecule has 6 nitrogen and oxygen atoms in total. The van der Waals surface area contributed by atoms with Crippen LogP contribution in [0, 0.1) is 11.3 Å². The molecule has 0 heterocycles. The summed E-state index contributed by atoms with van der Waals surface area (Å²) in [5.74, 6) is 0.357. The monoisotopic (exact) mass is 288 g/mol. The average Bonchev–Trinajstić information content (AvgIpc) is 2.36. The fourth-order valence-electron chi connectivity index (χ4n) is 1.28. The van der Waals surface area contributed by atoms with Crippen molar-refractivity contribution in [2.24, 2.45) is 10.2 Å². The van der Waals surface area contributed by atoms with E-state index in [4.69, 9.17) is 10.00 Å². The molecule has 0 saturated carbocycles. The van der Waals surface area contributed by atoms with Crippen LogP contribution in [0.3, 0.4) is 0 Å². The fourth-order valence-corrected chi connectivity index (χ4v) is 1.28. The van der Waals surface area contributed by atoms with Crippen molar-refractivity contribution in [1.82, 2.24) is 5.32 Å². The summed E-state index contributed by atoms with van der Waals surface area (Å²) in [6.07, 6.45) is -0.627. The van der Waals surface area contributed by atoms with Gasteiger partial charge in [-0.1, -0.05) is 0 Å². The molecule has 0 aliphatic carbocycles. The van der Waals surface area contributed by atoms with E-state index in [-0.39, 0.29) is 5.54 Å². The Labute approximate surface area is 124 Å². The second-order valence-electron chi connectivity index (χ2n) is 6.08. The van der Waals surface area contributed by atoms with E-state index in [1.54, 1.807) is 38.1 Å². The molecule has 0 unspecified atom stereocenters. The summed E-state index contributed by atoms with van der Waals surface area (Å²) in [5.41, 5.74) is -0.672. The summed E-state index contributed by atoms with van der Waals surface area (Å²) in [6, 6.07) is 8.26. The van der Waals surface area contributed by atoms with Crippen molar-refractivity contribution in [2.75, 3.05) is 0 Å². The van der Waals surface area contributed by atoms with Crippen LogP contribution in [0.2, 0.25) is 0 Å². The smallest absolute Gasteiger partial charge is 0.410 e. The molecule has 21 heavy (non-hydrogen) atoms. The Kier molecular flexibility index (Phi) is 5.03. The fraction of sp³-hybridized carbons (Fsp3) is 0.467. The predicted molar refractivity (Wildman–Crippen MR) is 79.0 cm³/mol. The van der Waals surface area contributed by atoms with Crippen LogP contribution < -0.4 is 10.1 Å². The third kappa shape index (κ3) is 6.52. The largest absolute Gasteiger partial charge is 0.414 e. The SMILES string of the molecule is CC(C)(C)/N=N/C(C)(C)NC(=O)Oc1ccc(C#N)cc1. The summed E-state index contributed by atoms with van der Waals surface area (Å²) in [5, 5.41) is 19.6. The van der Waals surface area contributed by atoms with Gasteiger partial charge in [-0.2, -0.15) is 15.5 Å². The maximum atomic E-state index is 11.8. The van der Waals surface area contributed by atoms with Gasteiger partial charge in [-0.05, 0) is 58.9 Å². The Morgan fingerprint density at radius 3 is 2.19 bits per heavy atom. The van der Waals surface area contributed by atoms with Gasteiger partial charge < -0.3 is 4.74 Å². The first-order valence-corrected chi connectivity index (χ1v) is 6.55. The number of nitrogens with zero attached hydrogens (tertiary/aromatic N) is 3. The van der Waals surface area contributed by atoms with Crippen LogP contribution in [0.5, 0.6) is 5.75 Å². The zero-order chi connectivity index (χ0) is 16.1. The molecule has 0 atom stereocenters. The van der Waals surface area contributed by atoms with Gasteiger partial charge in [0.05, 0.1) is 17.2 Å². The van der Waals surface area contributed by atoms with E-state index in [0.29, 0.717) is 11.3 Å². The Bertz CT molecular complexity index is 563. The lowest BCUT2D eigenvalue weighted by atomic mass is 10.1. The molecule has 0 aromatic heterocycles. The molecule has 0 bridgehead atoms. The highest BCUT2D eigenvalue weighted by Crippen LogP contribution is 2.15. The van der Waals surface area contributed by atoms with Crippen molar-refractivity contribution in [1.29, 1.82) is 5.26 Å². The minimum atomic E-state index is -0.864. The van der Waals surface area contributed by atoms with E-state index in [9.17, 15) is 4.79 Å². The van der Waals surface area contributed by atoms with Crippen molar-refractivity contribution in [3.63, 3.8) is 0 Å². The van der Waals surface area contributed by atoms with Gasteiger partial charge in [0.25, 0.3) is 0 Å². The average molecular weight is 288 g/mol. The van der Waals surface area contributed by atoms with Crippen molar-refractivity contribution in [3.05, 3.63) is 29.8 Å². The Balaban J connectivity index is 2.64. The third-order valence-electron chi connectivity index (χ3n) is 2.20. The molecule has 1 aromatic carbocycles. The molecular weight excluding hydrogens is 268 g/mol. The molecule has 1 aromatic rings. The number of nitrogens with one attached hydrogen (secondary N) is 1. The predicted octanol–water partition coefficient (Wildman–Crippen LogP) is 3.63. The Morgan fingerprint density at radius 1 is 1.14 bits per heavy atom. The summed E-state index contributed by atoms with van der Waals surface area (Å²) in [4.78, 5) is 11.8. The number of carbonyl (C=O) groups is 1. The van der Waals surface area contributed by atoms with Crippen LogP contribution in [0.1, 0.15) is 40.2 Å². The molecule has 0 saturated heterocycles. The quantitative estimate of drug-likeness (QED) is 0.861. The normalized spacial score (nSPS) is 12.0. The minimum Gasteiger partial charge on any atom is -0.410 e. The molecule has 0 aliphatic heterocycles. The topological polar surface area (TPSA) is 86.8 Å². The number of amides is 1. The van der Waals surface area contributed by atoms with Crippen LogP contribution in [0.15, 0.2) is 34.5 Å². The maximum Gasteiger partial charge on any atom is 0.414 e. The van der Waals surface area contributed by atoms with Gasteiger partial charge >= 0.3 is 6.09 Å². The standard InChI is InChI=1S/C15H20N4O2/c1-14(2,3)18-19-15(4,5)17-13(20)21-12-8-6-11(10-16)7-9-12/h6-9H,1-5H3,(H,17,20)/b19-18+. The van der Waals surface area contributed by atoms with Crippen LogP contribution in [0.25, 0.3) is 0 Å². The van der Waals surface area contributed by atoms with Gasteiger partial charge in [-0.3, -0.25) is 5.32 Å². The molecule has 1 rings (SSSR count). The van der Waals surface area contributed by atoms with Crippen LogP contribution in [-0.4, -0.2) is 17.3 Å². The highest BCUT2D eigenvalue weighted by Gasteiger charge is 2.22. The number of ether oxygens (including phenoxy) is 1. The third-order valence-corrected chi connectivity index (χ3v) is 2.20. The molecule has 6 heteroatoms. The van der Waals surface area contributed by atoms with Crippen LogP contribution >= 0.6 is 0 Å². The Hall–Kier alpha value is -2.42. The van der Waals surface area contributed by atoms with Gasteiger partial charge in [0.1, 0.15) is 11.4 Å². The van der Waals surface area contributed by atoms with Gasteiger partial charge in [0, 0.05) is 0 Å². The first-order valence-electron chi connectivity index (χ1n) is 6.55. The van der Waals surface area contributed by atoms with Crippen molar-refractivity contribution in [3.8, 4) is 11.8 Å². The molecule has 0 radical (unpaired) electrons. The molecule has 112 valence electrons. The first kappa shape index (κ1) is 16.6. The van der Waals surface area contributed by atoms with E-state index < -0.39 is 11.8 Å². The van der Waals surface area contributed by atoms with E-state index in [1.807, 2.05) is 26.8 Å². The second kappa shape index (κ2) is 6.35. The number of nitriles is 1. The summed E-state index contributed by atoms with van der Waals surface area (Å²) in [6.45, 7) is 9.20. The summed E-state index contributed by atoms with van der Waals surface area (Å²) >= 11 is 0. The number of benzene rings is 1. The zero-order valence-corrected chi connectivity index (χ0v) is 13.0. The second-order valence-corrected chi connectivity index (χ2v) is 6.08. The number of azo groups is 1. The van der Waals surface area contributed by atoms with E-state index in [2.05, 4.69) is 15.5 Å². The lowest BCUT2D eigenvalue weighted by molar-refractivity contribution is 0.187. The van der Waals surface area contributed by atoms with Crippen molar-refractivity contribution in [2.45, 2.75) is 45.8 Å². The van der Waals surface area contributed by atoms with Crippen LogP contribution in [-0.2, 0) is 0 Å². The molecular formula is C15H20N4O2. The molecule has 1 amide bonds. The summed E-state index contributed by atoms with van der Waals surface area (Å²) in [7, 11) is 0. The summed E-state index contributed by atoms with van der Waals surface area (Å²) < 4.78 is 5.12. The minimum absolute atomic E-state index is 0.310. The van der Waals surface area contributed by atoms with Gasteiger partial charge in [-0.15, -0.1) is 0 Å². The van der Waals surface area contributed by atoms with Crippen molar-refractivity contribution < 1.29 is 9.53 Å². The zero-order valence-electron chi connectivity index (χ0n) is 13.0. The lowest BCUT2D eigenvalue weighted by Crippen LogP contribution is -2.43. The maximum absolute atomic E-state index is 11.8. The van der Waals surface area contributed by atoms with E-state index in [0.717, 1.165) is 0 Å².